The van der Waals surface area contributed by atoms with Crippen molar-refractivity contribution in [3.8, 4) is 0 Å². The lowest BCUT2D eigenvalue weighted by molar-refractivity contribution is 0.102. The Labute approximate surface area is 145 Å². The zero-order chi connectivity index (χ0) is 16.7. The lowest BCUT2D eigenvalue weighted by atomic mass is 10.1. The van der Waals surface area contributed by atoms with Crippen LogP contribution < -0.4 is 5.32 Å². The number of carbonyl (C=O) groups excluding carboxylic acids is 1. The number of nitrogens with one attached hydrogen (secondary N) is 1. The summed E-state index contributed by atoms with van der Waals surface area (Å²) >= 11 is 7.31. The van der Waals surface area contributed by atoms with Gasteiger partial charge in [-0.15, -0.1) is 0 Å². The van der Waals surface area contributed by atoms with Crippen molar-refractivity contribution in [2.45, 2.75) is 0 Å². The molecule has 0 radical (unpaired) electrons. The molecule has 1 heterocycles. The number of hydrogen-bond acceptors (Lipinski definition) is 3. The third kappa shape index (κ3) is 2.62. The van der Waals surface area contributed by atoms with Gasteiger partial charge in [-0.25, -0.2) is 9.37 Å². The van der Waals surface area contributed by atoms with Gasteiger partial charge in [0.1, 0.15) is 5.82 Å². The summed E-state index contributed by atoms with van der Waals surface area (Å²) in [6.07, 6.45) is 0. The molecule has 0 fully saturated rings. The predicted octanol–water partition coefficient (Wildman–Crippen LogP) is 5.49. The first-order chi connectivity index (χ1) is 11.6. The number of fused-ring (bicyclic) bond motifs is 3. The molecule has 0 aliphatic heterocycles. The fourth-order valence-electron chi connectivity index (χ4n) is 2.55. The molecule has 0 aliphatic rings. The van der Waals surface area contributed by atoms with Crippen molar-refractivity contribution in [2.24, 2.45) is 0 Å². The van der Waals surface area contributed by atoms with Crippen LogP contribution in [0.1, 0.15) is 10.4 Å². The van der Waals surface area contributed by atoms with Crippen molar-refractivity contribution in [3.05, 3.63) is 71.0 Å². The Bertz CT molecular complexity index is 1090. The predicted molar refractivity (Wildman–Crippen MR) is 96.5 cm³/mol. The third-order valence-corrected chi connectivity index (χ3v) is 4.93. The van der Waals surface area contributed by atoms with Crippen molar-refractivity contribution < 1.29 is 9.18 Å². The van der Waals surface area contributed by atoms with Crippen LogP contribution in [0.2, 0.25) is 5.02 Å². The Hall–Kier alpha value is -2.50. The third-order valence-electron chi connectivity index (χ3n) is 3.68. The van der Waals surface area contributed by atoms with Gasteiger partial charge in [0.25, 0.3) is 5.91 Å². The molecule has 1 amide bonds. The Morgan fingerprint density at radius 1 is 1.12 bits per heavy atom. The van der Waals surface area contributed by atoms with Gasteiger partial charge < -0.3 is 0 Å². The second-order valence-electron chi connectivity index (χ2n) is 5.23. The molecule has 0 atom stereocenters. The number of benzene rings is 3. The number of anilines is 1. The highest BCUT2D eigenvalue weighted by molar-refractivity contribution is 7.22. The smallest absolute Gasteiger partial charge is 0.258 e. The van der Waals surface area contributed by atoms with E-state index < -0.39 is 11.7 Å². The summed E-state index contributed by atoms with van der Waals surface area (Å²) < 4.78 is 14.1. The minimum atomic E-state index is -0.483. The molecule has 118 valence electrons. The second-order valence-corrected chi connectivity index (χ2v) is 6.67. The Balaban J connectivity index is 1.72. The molecule has 6 heteroatoms. The monoisotopic (exact) mass is 356 g/mol. The summed E-state index contributed by atoms with van der Waals surface area (Å²) in [4.78, 5) is 16.9. The first-order valence-corrected chi connectivity index (χ1v) is 8.36. The van der Waals surface area contributed by atoms with E-state index in [0.29, 0.717) is 5.13 Å². The first kappa shape index (κ1) is 15.1. The Kier molecular flexibility index (Phi) is 3.67. The van der Waals surface area contributed by atoms with E-state index in [1.165, 1.54) is 23.5 Å². The number of aromatic nitrogens is 1. The first-order valence-electron chi connectivity index (χ1n) is 7.16. The minimum absolute atomic E-state index is 0.0686. The quantitative estimate of drug-likeness (QED) is 0.515. The van der Waals surface area contributed by atoms with Crippen molar-refractivity contribution in [2.75, 3.05) is 5.32 Å². The van der Waals surface area contributed by atoms with Gasteiger partial charge in [0.15, 0.2) is 5.13 Å². The van der Waals surface area contributed by atoms with E-state index in [4.69, 9.17) is 11.6 Å². The zero-order valence-electron chi connectivity index (χ0n) is 12.2. The zero-order valence-corrected chi connectivity index (χ0v) is 13.8. The topological polar surface area (TPSA) is 42.0 Å². The SMILES string of the molecule is O=C(Nc1nc2c(ccc3ccccc32)s1)c1ccc(F)cc1Cl. The molecule has 0 saturated carbocycles. The van der Waals surface area contributed by atoms with Gasteiger partial charge in [-0.3, -0.25) is 10.1 Å². The van der Waals surface area contributed by atoms with Gasteiger partial charge in [-0.05, 0) is 29.7 Å². The number of nitrogens with zero attached hydrogens (tertiary/aromatic N) is 1. The van der Waals surface area contributed by atoms with Crippen LogP contribution in [0, 0.1) is 5.82 Å². The summed E-state index contributed by atoms with van der Waals surface area (Å²) in [5.74, 6) is -0.897. The van der Waals surface area contributed by atoms with Gasteiger partial charge in [0, 0.05) is 5.39 Å². The van der Waals surface area contributed by atoms with Crippen molar-refractivity contribution in [1.29, 1.82) is 0 Å². The van der Waals surface area contributed by atoms with Crippen LogP contribution in [0.5, 0.6) is 0 Å². The molecular formula is C18H10ClFN2OS. The number of amides is 1. The van der Waals surface area contributed by atoms with Gasteiger partial charge in [0.2, 0.25) is 0 Å². The summed E-state index contributed by atoms with van der Waals surface area (Å²) in [5.41, 5.74) is 1.06. The summed E-state index contributed by atoms with van der Waals surface area (Å²) in [5, 5.41) is 5.41. The van der Waals surface area contributed by atoms with E-state index in [-0.39, 0.29) is 10.6 Å². The van der Waals surface area contributed by atoms with Crippen LogP contribution in [-0.2, 0) is 0 Å². The molecule has 0 spiro atoms. The van der Waals surface area contributed by atoms with Crippen LogP contribution in [-0.4, -0.2) is 10.9 Å². The maximum atomic E-state index is 13.1. The number of carbonyl (C=O) groups is 1. The lowest BCUT2D eigenvalue weighted by Crippen LogP contribution is -2.12. The van der Waals surface area contributed by atoms with Crippen LogP contribution in [0.4, 0.5) is 9.52 Å². The molecule has 1 N–H and O–H groups in total. The second kappa shape index (κ2) is 5.85. The van der Waals surface area contributed by atoms with E-state index >= 15 is 0 Å². The maximum Gasteiger partial charge on any atom is 0.258 e. The fraction of sp³-hybridized carbons (Fsp3) is 0. The van der Waals surface area contributed by atoms with E-state index in [9.17, 15) is 9.18 Å². The van der Waals surface area contributed by atoms with Crippen LogP contribution in [0.25, 0.3) is 21.0 Å². The van der Waals surface area contributed by atoms with Gasteiger partial charge in [-0.2, -0.15) is 0 Å². The molecule has 24 heavy (non-hydrogen) atoms. The van der Waals surface area contributed by atoms with Crippen molar-refractivity contribution >= 4 is 55.0 Å². The molecule has 0 bridgehead atoms. The normalized spacial score (nSPS) is 11.1. The van der Waals surface area contributed by atoms with Crippen molar-refractivity contribution in [1.82, 2.24) is 4.98 Å². The molecule has 3 aromatic carbocycles. The number of thiazole rings is 1. The van der Waals surface area contributed by atoms with Crippen LogP contribution in [0.3, 0.4) is 0 Å². The highest BCUT2D eigenvalue weighted by atomic mass is 35.5. The van der Waals surface area contributed by atoms with Crippen LogP contribution in [0.15, 0.2) is 54.6 Å². The summed E-state index contributed by atoms with van der Waals surface area (Å²) in [6.45, 7) is 0. The number of hydrogen-bond donors (Lipinski definition) is 1. The summed E-state index contributed by atoms with van der Waals surface area (Å²) in [6, 6.07) is 15.6. The highest BCUT2D eigenvalue weighted by Crippen LogP contribution is 2.32. The molecule has 3 nitrogen and oxygen atoms in total. The van der Waals surface area contributed by atoms with E-state index in [2.05, 4.69) is 10.3 Å². The molecule has 4 aromatic rings. The molecule has 1 aromatic heterocycles. The lowest BCUT2D eigenvalue weighted by Gasteiger charge is -2.03. The minimum Gasteiger partial charge on any atom is -0.298 e. The molecule has 0 saturated heterocycles. The molecule has 0 unspecified atom stereocenters. The number of halogens is 2. The fourth-order valence-corrected chi connectivity index (χ4v) is 3.68. The largest absolute Gasteiger partial charge is 0.298 e. The Morgan fingerprint density at radius 2 is 1.96 bits per heavy atom. The Morgan fingerprint density at radius 3 is 2.79 bits per heavy atom. The standard InChI is InChI=1S/C18H10ClFN2OS/c19-14-9-11(20)6-7-13(14)17(23)22-18-21-16-12-4-2-1-3-10(12)5-8-15(16)24-18/h1-9H,(H,21,22,23). The average molecular weight is 357 g/mol. The molecule has 0 aliphatic carbocycles. The average Bonchev–Trinajstić information content (AvgIpc) is 2.97. The van der Waals surface area contributed by atoms with E-state index in [1.54, 1.807) is 0 Å². The summed E-state index contributed by atoms with van der Waals surface area (Å²) in [7, 11) is 0. The number of rotatable bonds is 2. The maximum absolute atomic E-state index is 13.1. The van der Waals surface area contributed by atoms with Gasteiger partial charge in [-0.1, -0.05) is 53.3 Å². The molecular weight excluding hydrogens is 347 g/mol. The highest BCUT2D eigenvalue weighted by Gasteiger charge is 2.14. The van der Waals surface area contributed by atoms with E-state index in [0.717, 1.165) is 27.1 Å². The van der Waals surface area contributed by atoms with Gasteiger partial charge >= 0.3 is 0 Å². The van der Waals surface area contributed by atoms with Crippen molar-refractivity contribution in [3.63, 3.8) is 0 Å². The van der Waals surface area contributed by atoms with E-state index in [1.807, 2.05) is 36.4 Å². The van der Waals surface area contributed by atoms with Crippen LogP contribution >= 0.6 is 22.9 Å². The molecule has 4 rings (SSSR count). The van der Waals surface area contributed by atoms with Gasteiger partial charge in [0.05, 0.1) is 20.8 Å².